The molecule has 0 aromatic heterocycles. The Bertz CT molecular complexity index is 345. The number of amides is 1. The summed E-state index contributed by atoms with van der Waals surface area (Å²) in [5.41, 5.74) is -0.399. The number of hydrogen-bond acceptors (Lipinski definition) is 3. The van der Waals surface area contributed by atoms with E-state index in [4.69, 9.17) is 4.74 Å². The predicted octanol–water partition coefficient (Wildman–Crippen LogP) is 3.02. The van der Waals surface area contributed by atoms with Crippen LogP contribution in [-0.2, 0) is 4.74 Å². The number of nitrogens with one attached hydrogen (secondary N) is 1. The molecule has 116 valence electrons. The highest BCUT2D eigenvalue weighted by molar-refractivity contribution is 5.69. The molecule has 20 heavy (non-hydrogen) atoms. The largest absolute Gasteiger partial charge is 0.444 e. The minimum atomic E-state index is -0.399. The maximum absolute atomic E-state index is 11.9. The van der Waals surface area contributed by atoms with Crippen molar-refractivity contribution in [3.8, 4) is 0 Å². The molecule has 1 saturated heterocycles. The molecule has 4 heteroatoms. The smallest absolute Gasteiger partial charge is 0.410 e. The molecule has 1 heterocycles. The van der Waals surface area contributed by atoms with Gasteiger partial charge in [0.2, 0.25) is 0 Å². The molecule has 3 unspecified atom stereocenters. The summed E-state index contributed by atoms with van der Waals surface area (Å²) in [5.74, 6) is 1.63. The van der Waals surface area contributed by atoms with Crippen molar-refractivity contribution in [3.63, 3.8) is 0 Å². The van der Waals surface area contributed by atoms with Crippen LogP contribution < -0.4 is 5.32 Å². The Labute approximate surface area is 123 Å². The molecular formula is C16H30N2O2. The Hall–Kier alpha value is -0.770. The summed E-state index contributed by atoms with van der Waals surface area (Å²) in [4.78, 5) is 13.7. The molecule has 0 aromatic rings. The summed E-state index contributed by atoms with van der Waals surface area (Å²) in [6.45, 7) is 12.0. The van der Waals surface area contributed by atoms with Gasteiger partial charge in [-0.2, -0.15) is 0 Å². The topological polar surface area (TPSA) is 41.6 Å². The maximum Gasteiger partial charge on any atom is 0.410 e. The highest BCUT2D eigenvalue weighted by atomic mass is 16.6. The molecule has 3 atom stereocenters. The van der Waals surface area contributed by atoms with E-state index in [1.54, 1.807) is 4.90 Å². The zero-order chi connectivity index (χ0) is 14.9. The molecule has 1 aliphatic heterocycles. The third-order valence-corrected chi connectivity index (χ3v) is 4.73. The van der Waals surface area contributed by atoms with Gasteiger partial charge >= 0.3 is 6.09 Å². The minimum Gasteiger partial charge on any atom is -0.444 e. The number of carbonyl (C=O) groups excluding carboxylic acids is 1. The molecule has 1 aliphatic carbocycles. The lowest BCUT2D eigenvalue weighted by molar-refractivity contribution is 0.00361. The third kappa shape index (κ3) is 3.66. The van der Waals surface area contributed by atoms with Gasteiger partial charge in [0.05, 0.1) is 0 Å². The molecule has 2 rings (SSSR count). The molecule has 2 aliphatic rings. The van der Waals surface area contributed by atoms with Crippen LogP contribution >= 0.6 is 0 Å². The van der Waals surface area contributed by atoms with E-state index in [2.05, 4.69) is 19.2 Å². The van der Waals surface area contributed by atoms with E-state index in [1.165, 1.54) is 19.3 Å². The summed E-state index contributed by atoms with van der Waals surface area (Å²) in [5, 5.41) is 3.73. The van der Waals surface area contributed by atoms with Crippen LogP contribution in [0.5, 0.6) is 0 Å². The number of likely N-dealkylation sites (tertiary alicyclic amines) is 1. The van der Waals surface area contributed by atoms with Crippen LogP contribution in [0.25, 0.3) is 0 Å². The van der Waals surface area contributed by atoms with Crippen molar-refractivity contribution in [1.29, 1.82) is 0 Å². The maximum atomic E-state index is 11.9. The number of ether oxygens (including phenoxy) is 1. The Balaban J connectivity index is 1.71. The summed E-state index contributed by atoms with van der Waals surface area (Å²) < 4.78 is 5.37. The van der Waals surface area contributed by atoms with Crippen LogP contribution in [-0.4, -0.2) is 41.8 Å². The molecular weight excluding hydrogens is 252 g/mol. The van der Waals surface area contributed by atoms with Crippen molar-refractivity contribution >= 4 is 6.09 Å². The first kappa shape index (κ1) is 15.6. The van der Waals surface area contributed by atoms with Crippen LogP contribution in [0.2, 0.25) is 0 Å². The van der Waals surface area contributed by atoms with Gasteiger partial charge in [-0.3, -0.25) is 0 Å². The highest BCUT2D eigenvalue weighted by Crippen LogP contribution is 2.34. The lowest BCUT2D eigenvalue weighted by atomic mass is 9.93. The summed E-state index contributed by atoms with van der Waals surface area (Å²) >= 11 is 0. The molecule has 1 amide bonds. The summed E-state index contributed by atoms with van der Waals surface area (Å²) in [7, 11) is 0. The molecule has 1 N–H and O–H groups in total. The first-order chi connectivity index (χ1) is 9.30. The fraction of sp³-hybridized carbons (Fsp3) is 0.938. The lowest BCUT2D eigenvalue weighted by Crippen LogP contribution is -2.62. The van der Waals surface area contributed by atoms with Gasteiger partial charge in [-0.15, -0.1) is 0 Å². The number of hydrogen-bond donors (Lipinski definition) is 1. The standard InChI is InChI=1S/C16H30N2O2/c1-6-12-7-8-14(11(12)2)17-13-9-18(10-13)15(19)20-16(3,4)5/h11-14,17H,6-10H2,1-5H3. The van der Waals surface area contributed by atoms with Gasteiger partial charge in [-0.05, 0) is 45.4 Å². The van der Waals surface area contributed by atoms with E-state index in [9.17, 15) is 4.79 Å². The Kier molecular flexibility index (Phi) is 4.62. The number of rotatable bonds is 3. The normalized spacial score (nSPS) is 31.2. The molecule has 4 nitrogen and oxygen atoms in total. The molecule has 0 radical (unpaired) electrons. The Morgan fingerprint density at radius 2 is 1.95 bits per heavy atom. The summed E-state index contributed by atoms with van der Waals surface area (Å²) in [6, 6.07) is 1.08. The zero-order valence-corrected chi connectivity index (χ0v) is 13.6. The Morgan fingerprint density at radius 1 is 1.30 bits per heavy atom. The van der Waals surface area contributed by atoms with Crippen molar-refractivity contribution in [1.82, 2.24) is 10.2 Å². The van der Waals surface area contributed by atoms with Crippen LogP contribution in [0, 0.1) is 11.8 Å². The summed E-state index contributed by atoms with van der Waals surface area (Å²) in [6.07, 6.45) is 3.73. The van der Waals surface area contributed by atoms with E-state index in [0.29, 0.717) is 12.1 Å². The second kappa shape index (κ2) is 5.92. The van der Waals surface area contributed by atoms with E-state index in [0.717, 1.165) is 24.9 Å². The van der Waals surface area contributed by atoms with Gasteiger partial charge in [0.1, 0.15) is 5.60 Å². The van der Waals surface area contributed by atoms with Gasteiger partial charge in [0.15, 0.2) is 0 Å². The van der Waals surface area contributed by atoms with Gasteiger partial charge in [-0.1, -0.05) is 20.3 Å². The van der Waals surface area contributed by atoms with E-state index in [1.807, 2.05) is 20.8 Å². The Morgan fingerprint density at radius 3 is 2.45 bits per heavy atom. The number of carbonyl (C=O) groups is 1. The van der Waals surface area contributed by atoms with Crippen molar-refractivity contribution in [3.05, 3.63) is 0 Å². The van der Waals surface area contributed by atoms with E-state index >= 15 is 0 Å². The molecule has 2 fully saturated rings. The van der Waals surface area contributed by atoms with Crippen LogP contribution in [0.3, 0.4) is 0 Å². The SMILES string of the molecule is CCC1CCC(NC2CN(C(=O)OC(C)(C)C)C2)C1C. The molecule has 0 spiro atoms. The van der Waals surface area contributed by atoms with Crippen molar-refractivity contribution < 1.29 is 9.53 Å². The highest BCUT2D eigenvalue weighted by Gasteiger charge is 2.38. The van der Waals surface area contributed by atoms with Gasteiger partial charge in [-0.25, -0.2) is 4.79 Å². The van der Waals surface area contributed by atoms with Crippen LogP contribution in [0.4, 0.5) is 4.79 Å². The average molecular weight is 282 g/mol. The monoisotopic (exact) mass is 282 g/mol. The molecule has 1 saturated carbocycles. The zero-order valence-electron chi connectivity index (χ0n) is 13.6. The van der Waals surface area contributed by atoms with Gasteiger partial charge in [0, 0.05) is 25.2 Å². The lowest BCUT2D eigenvalue weighted by Gasteiger charge is -2.42. The molecule has 0 bridgehead atoms. The average Bonchev–Trinajstić information content (AvgIpc) is 2.61. The van der Waals surface area contributed by atoms with Crippen molar-refractivity contribution in [2.75, 3.05) is 13.1 Å². The second-order valence-corrected chi connectivity index (χ2v) is 7.46. The van der Waals surface area contributed by atoms with Gasteiger partial charge < -0.3 is 15.0 Å². The fourth-order valence-corrected chi connectivity index (χ4v) is 3.42. The van der Waals surface area contributed by atoms with Crippen molar-refractivity contribution in [2.24, 2.45) is 11.8 Å². The second-order valence-electron chi connectivity index (χ2n) is 7.46. The van der Waals surface area contributed by atoms with Crippen LogP contribution in [0.15, 0.2) is 0 Å². The van der Waals surface area contributed by atoms with E-state index < -0.39 is 5.60 Å². The van der Waals surface area contributed by atoms with E-state index in [-0.39, 0.29) is 6.09 Å². The van der Waals surface area contributed by atoms with Crippen LogP contribution in [0.1, 0.15) is 53.9 Å². The van der Waals surface area contributed by atoms with Crippen molar-refractivity contribution in [2.45, 2.75) is 71.6 Å². The first-order valence-corrected chi connectivity index (χ1v) is 8.04. The number of nitrogens with zero attached hydrogens (tertiary/aromatic N) is 1. The third-order valence-electron chi connectivity index (χ3n) is 4.73. The molecule has 0 aromatic carbocycles. The predicted molar refractivity (Wildman–Crippen MR) is 80.7 cm³/mol. The first-order valence-electron chi connectivity index (χ1n) is 8.04. The minimum absolute atomic E-state index is 0.179. The van der Waals surface area contributed by atoms with Gasteiger partial charge in [0.25, 0.3) is 0 Å². The quantitative estimate of drug-likeness (QED) is 0.865. The fourth-order valence-electron chi connectivity index (χ4n) is 3.42.